The Hall–Kier alpha value is -0.610. The van der Waals surface area contributed by atoms with Crippen molar-refractivity contribution in [2.24, 2.45) is 5.73 Å². The van der Waals surface area contributed by atoms with Crippen LogP contribution in [0.4, 0.5) is 5.13 Å². The highest BCUT2D eigenvalue weighted by Gasteiger charge is 2.40. The molecule has 15 heavy (non-hydrogen) atoms. The van der Waals surface area contributed by atoms with Crippen molar-refractivity contribution in [2.75, 3.05) is 25.5 Å². The summed E-state index contributed by atoms with van der Waals surface area (Å²) < 4.78 is 0. The van der Waals surface area contributed by atoms with Gasteiger partial charge in [0.05, 0.1) is 5.69 Å². The summed E-state index contributed by atoms with van der Waals surface area (Å²) in [5.41, 5.74) is 7.36. The van der Waals surface area contributed by atoms with E-state index in [9.17, 15) is 0 Å². The van der Waals surface area contributed by atoms with Gasteiger partial charge in [-0.3, -0.25) is 0 Å². The molecule has 1 fully saturated rings. The predicted octanol–water partition coefficient (Wildman–Crippen LogP) is 1.90. The Morgan fingerprint density at radius 3 is 2.47 bits per heavy atom. The lowest BCUT2D eigenvalue weighted by Gasteiger charge is -2.40. The van der Waals surface area contributed by atoms with Crippen molar-refractivity contribution in [3.63, 3.8) is 0 Å². The Morgan fingerprint density at radius 2 is 2.13 bits per heavy atom. The number of aromatic nitrogens is 1. The van der Waals surface area contributed by atoms with Gasteiger partial charge in [0, 0.05) is 30.9 Å². The largest absolute Gasteiger partial charge is 0.354 e. The Balaban J connectivity index is 2.35. The Bertz CT molecular complexity index is 347. The third kappa shape index (κ3) is 1.66. The quantitative estimate of drug-likeness (QED) is 0.854. The maximum absolute atomic E-state index is 5.92. The molecule has 0 radical (unpaired) electrons. The lowest BCUT2D eigenvalue weighted by atomic mass is 9.67. The minimum atomic E-state index is 0.260. The van der Waals surface area contributed by atoms with Gasteiger partial charge >= 0.3 is 0 Å². The minimum Gasteiger partial charge on any atom is -0.354 e. The highest BCUT2D eigenvalue weighted by molar-refractivity contribution is 7.15. The van der Waals surface area contributed by atoms with Crippen molar-refractivity contribution < 1.29 is 0 Å². The highest BCUT2D eigenvalue weighted by Crippen LogP contribution is 2.47. The fourth-order valence-corrected chi connectivity index (χ4v) is 3.44. The van der Waals surface area contributed by atoms with Gasteiger partial charge in [0.25, 0.3) is 0 Å². The molecule has 0 saturated heterocycles. The molecule has 0 aromatic carbocycles. The van der Waals surface area contributed by atoms with Crippen LogP contribution >= 0.6 is 11.3 Å². The normalized spacial score (nSPS) is 18.7. The molecule has 2 rings (SSSR count). The lowest BCUT2D eigenvalue weighted by molar-refractivity contribution is 0.257. The van der Waals surface area contributed by atoms with Crippen molar-refractivity contribution in [1.82, 2.24) is 4.98 Å². The summed E-state index contributed by atoms with van der Waals surface area (Å²) in [6, 6.07) is 0. The van der Waals surface area contributed by atoms with E-state index in [1.165, 1.54) is 29.8 Å². The van der Waals surface area contributed by atoms with Crippen molar-refractivity contribution >= 4 is 16.5 Å². The molecule has 0 amide bonds. The highest BCUT2D eigenvalue weighted by atomic mass is 32.1. The third-order valence-electron chi connectivity index (χ3n) is 3.35. The minimum absolute atomic E-state index is 0.260. The molecule has 1 aliphatic carbocycles. The zero-order chi connectivity index (χ0) is 11.1. The van der Waals surface area contributed by atoms with E-state index in [2.05, 4.69) is 16.8 Å². The standard InChI is InChI=1S/C11H19N3S/c1-8-9(11(7-12)5-4-6-11)15-10(13-8)14(2)3/h4-7,12H2,1-3H3. The number of hydrogen-bond acceptors (Lipinski definition) is 4. The zero-order valence-electron chi connectivity index (χ0n) is 9.71. The average molecular weight is 225 g/mol. The van der Waals surface area contributed by atoms with Crippen molar-refractivity contribution in [3.8, 4) is 0 Å². The van der Waals surface area contributed by atoms with Crippen LogP contribution in [0.3, 0.4) is 0 Å². The molecule has 2 N–H and O–H groups in total. The summed E-state index contributed by atoms with van der Waals surface area (Å²) in [5.74, 6) is 0. The number of aryl methyl sites for hydroxylation is 1. The molecule has 4 heteroatoms. The van der Waals surface area contributed by atoms with Crippen LogP contribution in [0.5, 0.6) is 0 Å². The van der Waals surface area contributed by atoms with Crippen LogP contribution in [0, 0.1) is 6.92 Å². The van der Waals surface area contributed by atoms with Crippen LogP contribution in [-0.2, 0) is 5.41 Å². The lowest BCUT2D eigenvalue weighted by Crippen LogP contribution is -2.41. The Labute approximate surface area is 95.3 Å². The van der Waals surface area contributed by atoms with E-state index in [1.54, 1.807) is 0 Å². The van der Waals surface area contributed by atoms with Gasteiger partial charge in [0.1, 0.15) is 0 Å². The Morgan fingerprint density at radius 1 is 1.47 bits per heavy atom. The van der Waals surface area contributed by atoms with Crippen molar-refractivity contribution in [1.29, 1.82) is 0 Å². The maximum atomic E-state index is 5.92. The van der Waals surface area contributed by atoms with E-state index < -0.39 is 0 Å². The SMILES string of the molecule is Cc1nc(N(C)C)sc1C1(CN)CCC1. The summed E-state index contributed by atoms with van der Waals surface area (Å²) >= 11 is 1.81. The number of nitrogens with two attached hydrogens (primary N) is 1. The monoisotopic (exact) mass is 225 g/mol. The average Bonchev–Trinajstić information content (AvgIpc) is 2.48. The third-order valence-corrected chi connectivity index (χ3v) is 4.92. The zero-order valence-corrected chi connectivity index (χ0v) is 10.5. The van der Waals surface area contributed by atoms with Gasteiger partial charge < -0.3 is 10.6 Å². The second-order valence-electron chi connectivity index (χ2n) is 4.64. The first kappa shape index (κ1) is 10.9. The number of hydrogen-bond donors (Lipinski definition) is 1. The molecule has 1 aliphatic rings. The number of nitrogens with zero attached hydrogens (tertiary/aromatic N) is 2. The van der Waals surface area contributed by atoms with Gasteiger partial charge in [0.15, 0.2) is 5.13 Å². The van der Waals surface area contributed by atoms with Crippen LogP contribution in [0.1, 0.15) is 29.8 Å². The first-order valence-electron chi connectivity index (χ1n) is 5.44. The summed E-state index contributed by atoms with van der Waals surface area (Å²) in [6.07, 6.45) is 3.78. The van der Waals surface area contributed by atoms with Crippen LogP contribution in [0.25, 0.3) is 0 Å². The van der Waals surface area contributed by atoms with Gasteiger partial charge in [-0.2, -0.15) is 0 Å². The van der Waals surface area contributed by atoms with Gasteiger partial charge in [-0.15, -0.1) is 11.3 Å². The summed E-state index contributed by atoms with van der Waals surface area (Å²) in [4.78, 5) is 8.09. The first-order valence-corrected chi connectivity index (χ1v) is 6.26. The second-order valence-corrected chi connectivity index (χ2v) is 5.62. The van der Waals surface area contributed by atoms with Crippen LogP contribution < -0.4 is 10.6 Å². The van der Waals surface area contributed by atoms with Gasteiger partial charge in [-0.1, -0.05) is 6.42 Å². The number of anilines is 1. The van der Waals surface area contributed by atoms with E-state index in [-0.39, 0.29) is 5.41 Å². The second kappa shape index (κ2) is 3.76. The smallest absolute Gasteiger partial charge is 0.185 e. The maximum Gasteiger partial charge on any atom is 0.185 e. The molecule has 1 saturated carbocycles. The molecule has 84 valence electrons. The fourth-order valence-electron chi connectivity index (χ4n) is 2.19. The number of thiazole rings is 1. The summed E-state index contributed by atoms with van der Waals surface area (Å²) in [7, 11) is 4.08. The molecular formula is C11H19N3S. The van der Waals surface area contributed by atoms with Crippen LogP contribution in [0.2, 0.25) is 0 Å². The predicted molar refractivity (Wildman–Crippen MR) is 65.8 cm³/mol. The molecule has 0 atom stereocenters. The molecule has 0 aliphatic heterocycles. The van der Waals surface area contributed by atoms with E-state index >= 15 is 0 Å². The van der Waals surface area contributed by atoms with Gasteiger partial charge in [-0.25, -0.2) is 4.98 Å². The fraction of sp³-hybridized carbons (Fsp3) is 0.727. The van der Waals surface area contributed by atoms with Crippen LogP contribution in [-0.4, -0.2) is 25.6 Å². The van der Waals surface area contributed by atoms with Gasteiger partial charge in [0.2, 0.25) is 0 Å². The number of rotatable bonds is 3. The topological polar surface area (TPSA) is 42.2 Å². The molecule has 1 aromatic rings. The molecule has 3 nitrogen and oxygen atoms in total. The Kier molecular flexibility index (Phi) is 2.73. The molecule has 0 spiro atoms. The molecule has 0 bridgehead atoms. The van der Waals surface area contributed by atoms with E-state index in [0.717, 1.165) is 11.7 Å². The van der Waals surface area contributed by atoms with Crippen molar-refractivity contribution in [2.45, 2.75) is 31.6 Å². The first-order chi connectivity index (χ1) is 7.09. The van der Waals surface area contributed by atoms with Crippen molar-refractivity contribution in [3.05, 3.63) is 10.6 Å². The van der Waals surface area contributed by atoms with E-state index in [0.29, 0.717) is 0 Å². The molecule has 0 unspecified atom stereocenters. The van der Waals surface area contributed by atoms with E-state index in [1.807, 2.05) is 25.4 Å². The summed E-state index contributed by atoms with van der Waals surface area (Å²) in [6.45, 7) is 2.87. The summed E-state index contributed by atoms with van der Waals surface area (Å²) in [5, 5.41) is 1.10. The van der Waals surface area contributed by atoms with Crippen LogP contribution in [0.15, 0.2) is 0 Å². The van der Waals surface area contributed by atoms with Gasteiger partial charge in [-0.05, 0) is 19.8 Å². The van der Waals surface area contributed by atoms with E-state index in [4.69, 9.17) is 5.73 Å². The molecule has 1 aromatic heterocycles. The molecular weight excluding hydrogens is 206 g/mol. The molecule has 1 heterocycles.